The quantitative estimate of drug-likeness (QED) is 0.304. The van der Waals surface area contributed by atoms with Crippen molar-refractivity contribution in [3.8, 4) is 11.5 Å². The second-order valence-corrected chi connectivity index (χ2v) is 9.02. The van der Waals surface area contributed by atoms with Crippen LogP contribution in [0.3, 0.4) is 0 Å². The molecule has 0 heterocycles. The van der Waals surface area contributed by atoms with Gasteiger partial charge in [-0.2, -0.15) is 0 Å². The largest absolute Gasteiger partial charge is 0.524 e. The van der Waals surface area contributed by atoms with Gasteiger partial charge in [0, 0.05) is 6.54 Å². The van der Waals surface area contributed by atoms with Crippen LogP contribution in [0.5, 0.6) is 11.5 Å². The van der Waals surface area contributed by atoms with Gasteiger partial charge in [-0.1, -0.05) is 61.5 Å². The number of hydrogen-bond donors (Lipinski definition) is 2. The Labute approximate surface area is 195 Å². The fraction of sp³-hybridized carbons (Fsp3) is 0.231. The lowest BCUT2D eigenvalue weighted by Gasteiger charge is -2.17. The first-order chi connectivity index (χ1) is 15.8. The SMILES string of the molecule is CC/C(=C(/c1ccc(OCCN(C)C)cc1)c1ccc(OP(=O)(O)O)cc1)c1ccccc1. The van der Waals surface area contributed by atoms with Gasteiger partial charge in [-0.3, -0.25) is 9.79 Å². The van der Waals surface area contributed by atoms with Crippen molar-refractivity contribution in [3.05, 3.63) is 95.6 Å². The molecule has 0 fully saturated rings. The Morgan fingerprint density at radius 1 is 0.818 bits per heavy atom. The molecule has 7 heteroatoms. The predicted octanol–water partition coefficient (Wildman–Crippen LogP) is 5.47. The molecule has 0 unspecified atom stereocenters. The third kappa shape index (κ3) is 7.31. The highest BCUT2D eigenvalue weighted by Gasteiger charge is 2.17. The second-order valence-electron chi connectivity index (χ2n) is 7.86. The minimum atomic E-state index is -4.61. The van der Waals surface area contributed by atoms with Crippen LogP contribution >= 0.6 is 7.82 Å². The van der Waals surface area contributed by atoms with E-state index in [0.717, 1.165) is 41.0 Å². The minimum absolute atomic E-state index is 0.119. The predicted molar refractivity (Wildman–Crippen MR) is 132 cm³/mol. The monoisotopic (exact) mass is 467 g/mol. The molecule has 0 bridgehead atoms. The number of nitrogens with zero attached hydrogens (tertiary/aromatic N) is 1. The van der Waals surface area contributed by atoms with E-state index in [0.29, 0.717) is 6.61 Å². The lowest BCUT2D eigenvalue weighted by atomic mass is 9.88. The van der Waals surface area contributed by atoms with Crippen LogP contribution in [0.15, 0.2) is 78.9 Å². The first-order valence-corrected chi connectivity index (χ1v) is 12.3. The van der Waals surface area contributed by atoms with Crippen molar-refractivity contribution in [1.82, 2.24) is 4.90 Å². The second kappa shape index (κ2) is 11.3. The molecule has 3 aromatic carbocycles. The van der Waals surface area contributed by atoms with Crippen molar-refractivity contribution in [3.63, 3.8) is 0 Å². The van der Waals surface area contributed by atoms with E-state index < -0.39 is 7.82 Å². The highest BCUT2D eigenvalue weighted by molar-refractivity contribution is 7.46. The molecule has 2 N–H and O–H groups in total. The molecule has 3 rings (SSSR count). The molecule has 3 aromatic rings. The molecular formula is C26H30NO5P. The summed E-state index contributed by atoms with van der Waals surface area (Å²) < 4.78 is 21.7. The minimum Gasteiger partial charge on any atom is -0.492 e. The Morgan fingerprint density at radius 2 is 1.36 bits per heavy atom. The van der Waals surface area contributed by atoms with E-state index in [1.54, 1.807) is 12.1 Å². The van der Waals surface area contributed by atoms with E-state index >= 15 is 0 Å². The molecule has 0 radical (unpaired) electrons. The highest BCUT2D eigenvalue weighted by Crippen LogP contribution is 2.39. The maximum absolute atomic E-state index is 11.2. The van der Waals surface area contributed by atoms with Gasteiger partial charge in [0.25, 0.3) is 0 Å². The van der Waals surface area contributed by atoms with Crippen LogP contribution in [-0.4, -0.2) is 41.9 Å². The van der Waals surface area contributed by atoms with Crippen molar-refractivity contribution in [2.45, 2.75) is 13.3 Å². The van der Waals surface area contributed by atoms with Gasteiger partial charge < -0.3 is 14.2 Å². The van der Waals surface area contributed by atoms with Crippen molar-refractivity contribution >= 4 is 19.0 Å². The number of hydrogen-bond acceptors (Lipinski definition) is 4. The molecule has 0 aromatic heterocycles. The Bertz CT molecular complexity index is 1100. The summed E-state index contributed by atoms with van der Waals surface area (Å²) in [5, 5.41) is 0. The van der Waals surface area contributed by atoms with Gasteiger partial charge in [0.1, 0.15) is 18.1 Å². The van der Waals surface area contributed by atoms with E-state index in [4.69, 9.17) is 19.0 Å². The van der Waals surface area contributed by atoms with Crippen LogP contribution in [0.2, 0.25) is 0 Å². The van der Waals surface area contributed by atoms with E-state index in [9.17, 15) is 4.57 Å². The highest BCUT2D eigenvalue weighted by atomic mass is 31.2. The molecule has 6 nitrogen and oxygen atoms in total. The first kappa shape index (κ1) is 24.7. The van der Waals surface area contributed by atoms with Gasteiger partial charge >= 0.3 is 7.82 Å². The number of phosphoric ester groups is 1. The van der Waals surface area contributed by atoms with Gasteiger partial charge in [-0.25, -0.2) is 4.57 Å². The van der Waals surface area contributed by atoms with Crippen molar-refractivity contribution < 1.29 is 23.6 Å². The molecule has 0 aliphatic rings. The number of likely N-dealkylation sites (N-methyl/N-ethyl adjacent to an activating group) is 1. The lowest BCUT2D eigenvalue weighted by molar-refractivity contribution is 0.261. The summed E-state index contributed by atoms with van der Waals surface area (Å²) in [4.78, 5) is 20.2. The zero-order valence-electron chi connectivity index (χ0n) is 19.1. The number of allylic oxidation sites excluding steroid dienone is 1. The average molecular weight is 468 g/mol. The van der Waals surface area contributed by atoms with Crippen molar-refractivity contribution in [2.75, 3.05) is 27.2 Å². The Balaban J connectivity index is 2.01. The van der Waals surface area contributed by atoms with Gasteiger partial charge in [0.05, 0.1) is 0 Å². The van der Waals surface area contributed by atoms with Gasteiger partial charge in [0.15, 0.2) is 0 Å². The fourth-order valence-electron chi connectivity index (χ4n) is 3.56. The maximum atomic E-state index is 11.2. The van der Waals surface area contributed by atoms with Crippen LogP contribution in [0.4, 0.5) is 0 Å². The summed E-state index contributed by atoms with van der Waals surface area (Å²) in [5.74, 6) is 0.928. The Hall–Kier alpha value is -2.89. The van der Waals surface area contributed by atoms with Crippen molar-refractivity contribution in [1.29, 1.82) is 0 Å². The fourth-order valence-corrected chi connectivity index (χ4v) is 3.96. The third-order valence-corrected chi connectivity index (χ3v) is 5.54. The molecule has 174 valence electrons. The third-order valence-electron chi connectivity index (χ3n) is 5.10. The Kier molecular flexibility index (Phi) is 8.48. The van der Waals surface area contributed by atoms with Crippen LogP contribution in [0, 0.1) is 0 Å². The average Bonchev–Trinajstić information content (AvgIpc) is 2.78. The summed E-state index contributed by atoms with van der Waals surface area (Å²) in [6.45, 7) is 3.57. The molecule has 0 aliphatic carbocycles. The van der Waals surface area contributed by atoms with Gasteiger partial charge in [0.2, 0.25) is 0 Å². The van der Waals surface area contributed by atoms with Crippen LogP contribution in [0.1, 0.15) is 30.0 Å². The number of ether oxygens (including phenoxy) is 1. The van der Waals surface area contributed by atoms with Crippen molar-refractivity contribution in [2.24, 2.45) is 0 Å². The Morgan fingerprint density at radius 3 is 1.85 bits per heavy atom. The zero-order valence-corrected chi connectivity index (χ0v) is 20.0. The summed E-state index contributed by atoms with van der Waals surface area (Å²) in [6, 6.07) is 25.0. The van der Waals surface area contributed by atoms with Crippen LogP contribution in [-0.2, 0) is 4.57 Å². The first-order valence-electron chi connectivity index (χ1n) is 10.8. The van der Waals surface area contributed by atoms with E-state index in [2.05, 4.69) is 24.0 Å². The summed E-state index contributed by atoms with van der Waals surface area (Å²) in [5.41, 5.74) is 5.29. The van der Waals surface area contributed by atoms with Gasteiger partial charge in [-0.05, 0) is 72.6 Å². The zero-order chi connectivity index (χ0) is 23.8. The standard InChI is InChI=1S/C26H30NO5P/c1-4-25(20-8-6-5-7-9-20)26(22-12-16-24(17-13-22)32-33(28,29)30)21-10-14-23(15-11-21)31-19-18-27(2)3/h5-17H,4,18-19H2,1-3H3,(H2,28,29,30)/b26-25+. The summed E-state index contributed by atoms with van der Waals surface area (Å²) >= 11 is 0. The molecule has 0 saturated heterocycles. The summed E-state index contributed by atoms with van der Waals surface area (Å²) in [6.07, 6.45) is 0.807. The molecule has 0 atom stereocenters. The van der Waals surface area contributed by atoms with E-state index in [-0.39, 0.29) is 5.75 Å². The van der Waals surface area contributed by atoms with Crippen LogP contribution in [0.25, 0.3) is 11.1 Å². The molecule has 0 amide bonds. The molecule has 33 heavy (non-hydrogen) atoms. The molecule has 0 saturated carbocycles. The van der Waals surface area contributed by atoms with Crippen LogP contribution < -0.4 is 9.26 Å². The van der Waals surface area contributed by atoms with Gasteiger partial charge in [-0.15, -0.1) is 0 Å². The van der Waals surface area contributed by atoms with E-state index in [1.807, 2.05) is 68.7 Å². The molecule has 0 spiro atoms. The summed E-state index contributed by atoms with van der Waals surface area (Å²) in [7, 11) is -0.588. The smallest absolute Gasteiger partial charge is 0.492 e. The molecule has 0 aliphatic heterocycles. The maximum Gasteiger partial charge on any atom is 0.524 e. The lowest BCUT2D eigenvalue weighted by Crippen LogP contribution is -2.19. The molecular weight excluding hydrogens is 437 g/mol. The number of rotatable bonds is 10. The number of phosphoric acid groups is 1. The topological polar surface area (TPSA) is 79.2 Å². The normalized spacial score (nSPS) is 12.4. The number of benzene rings is 3. The van der Waals surface area contributed by atoms with E-state index in [1.165, 1.54) is 5.57 Å².